The number of nitrogens with zero attached hydrogens (tertiary/aromatic N) is 3. The maximum absolute atomic E-state index is 13.1. The fourth-order valence-electron chi connectivity index (χ4n) is 3.72. The van der Waals surface area contributed by atoms with Gasteiger partial charge >= 0.3 is 0 Å². The van der Waals surface area contributed by atoms with Crippen LogP contribution in [0.1, 0.15) is 49.0 Å². The predicted octanol–water partition coefficient (Wildman–Crippen LogP) is 0.0169. The van der Waals surface area contributed by atoms with Crippen LogP contribution in [0.3, 0.4) is 0 Å². The first-order chi connectivity index (χ1) is 12.3. The van der Waals surface area contributed by atoms with Gasteiger partial charge in [0.15, 0.2) is 5.66 Å². The number of hydrogen-bond acceptors (Lipinski definition) is 6. The van der Waals surface area contributed by atoms with E-state index >= 15 is 0 Å². The van der Waals surface area contributed by atoms with E-state index in [1.165, 1.54) is 18.6 Å². The SMILES string of the molecule is CS(=O)(=O)NC1(NC(=O)c2ccncn2)CCN(C2CCCCC2)C1=O. The highest BCUT2D eigenvalue weighted by Crippen LogP contribution is 2.30. The summed E-state index contributed by atoms with van der Waals surface area (Å²) >= 11 is 0. The molecule has 1 aromatic rings. The molecule has 2 amide bonds. The summed E-state index contributed by atoms with van der Waals surface area (Å²) in [6, 6.07) is 1.50. The van der Waals surface area contributed by atoms with E-state index in [0.717, 1.165) is 38.4 Å². The molecular weight excluding hydrogens is 358 g/mol. The van der Waals surface area contributed by atoms with E-state index in [4.69, 9.17) is 0 Å². The van der Waals surface area contributed by atoms with Crippen LogP contribution in [0.25, 0.3) is 0 Å². The topological polar surface area (TPSA) is 121 Å². The third-order valence-corrected chi connectivity index (χ3v) is 5.59. The highest BCUT2D eigenvalue weighted by molar-refractivity contribution is 7.88. The Morgan fingerprint density at radius 3 is 2.65 bits per heavy atom. The monoisotopic (exact) mass is 381 g/mol. The number of likely N-dealkylation sites (tertiary alicyclic amines) is 1. The van der Waals surface area contributed by atoms with Gasteiger partial charge in [-0.3, -0.25) is 9.59 Å². The molecule has 1 saturated carbocycles. The molecule has 1 saturated heterocycles. The van der Waals surface area contributed by atoms with Gasteiger partial charge in [0.05, 0.1) is 6.26 Å². The maximum Gasteiger partial charge on any atom is 0.271 e. The smallest absolute Gasteiger partial charge is 0.271 e. The van der Waals surface area contributed by atoms with E-state index in [-0.39, 0.29) is 18.2 Å². The van der Waals surface area contributed by atoms with Gasteiger partial charge in [0.25, 0.3) is 11.8 Å². The second kappa shape index (κ2) is 7.28. The third-order valence-electron chi connectivity index (χ3n) is 4.87. The first-order valence-electron chi connectivity index (χ1n) is 8.69. The molecule has 2 fully saturated rings. The highest BCUT2D eigenvalue weighted by atomic mass is 32.2. The molecule has 0 radical (unpaired) electrons. The van der Waals surface area contributed by atoms with Crippen molar-refractivity contribution in [1.82, 2.24) is 24.9 Å². The zero-order valence-corrected chi connectivity index (χ0v) is 15.5. The molecule has 1 atom stereocenters. The third kappa shape index (κ3) is 4.01. The standard InChI is InChI=1S/C16H23N5O4S/c1-26(24,25)20-16(19-14(22)13-7-9-17-11-18-13)8-10-21(15(16)23)12-5-3-2-4-6-12/h7,9,11-12,20H,2-6,8,10H2,1H3,(H,19,22). The molecule has 2 aliphatic rings. The number of nitrogens with one attached hydrogen (secondary N) is 2. The molecule has 26 heavy (non-hydrogen) atoms. The Kier molecular flexibility index (Phi) is 5.24. The molecule has 1 unspecified atom stereocenters. The highest BCUT2D eigenvalue weighted by Gasteiger charge is 2.51. The number of carbonyl (C=O) groups is 2. The molecule has 1 aliphatic heterocycles. The Morgan fingerprint density at radius 2 is 2.04 bits per heavy atom. The summed E-state index contributed by atoms with van der Waals surface area (Å²) in [5.41, 5.74) is -1.61. The van der Waals surface area contributed by atoms with Crippen LogP contribution in [0.5, 0.6) is 0 Å². The van der Waals surface area contributed by atoms with Gasteiger partial charge in [-0.2, -0.15) is 4.72 Å². The van der Waals surface area contributed by atoms with Crippen LogP contribution in [0.4, 0.5) is 0 Å². The minimum atomic E-state index is -3.73. The van der Waals surface area contributed by atoms with Crippen LogP contribution in [-0.2, 0) is 14.8 Å². The number of rotatable bonds is 5. The summed E-state index contributed by atoms with van der Waals surface area (Å²) in [4.78, 5) is 34.9. The van der Waals surface area contributed by atoms with Crippen molar-refractivity contribution < 1.29 is 18.0 Å². The van der Waals surface area contributed by atoms with E-state index in [1.54, 1.807) is 4.90 Å². The Balaban J connectivity index is 1.85. The van der Waals surface area contributed by atoms with Crippen molar-refractivity contribution in [3.63, 3.8) is 0 Å². The minimum absolute atomic E-state index is 0.0681. The molecule has 10 heteroatoms. The van der Waals surface area contributed by atoms with Gasteiger partial charge in [-0.05, 0) is 18.9 Å². The van der Waals surface area contributed by atoms with E-state index < -0.39 is 27.5 Å². The number of sulfonamides is 1. The Hall–Kier alpha value is -2.07. The second-order valence-electron chi connectivity index (χ2n) is 6.87. The lowest BCUT2D eigenvalue weighted by atomic mass is 9.94. The zero-order valence-electron chi connectivity index (χ0n) is 14.6. The van der Waals surface area contributed by atoms with Crippen molar-refractivity contribution in [3.05, 3.63) is 24.3 Å². The van der Waals surface area contributed by atoms with Gasteiger partial charge in [-0.15, -0.1) is 0 Å². The van der Waals surface area contributed by atoms with Crippen molar-refractivity contribution >= 4 is 21.8 Å². The fraction of sp³-hybridized carbons (Fsp3) is 0.625. The normalized spacial score (nSPS) is 24.7. The Labute approximate surface area is 152 Å². The van der Waals surface area contributed by atoms with Crippen LogP contribution < -0.4 is 10.0 Å². The van der Waals surface area contributed by atoms with Crippen molar-refractivity contribution in [2.75, 3.05) is 12.8 Å². The average molecular weight is 381 g/mol. The fourth-order valence-corrected chi connectivity index (χ4v) is 4.59. The average Bonchev–Trinajstić information content (AvgIpc) is 2.91. The van der Waals surface area contributed by atoms with Crippen LogP contribution >= 0.6 is 0 Å². The van der Waals surface area contributed by atoms with E-state index in [9.17, 15) is 18.0 Å². The first kappa shape index (κ1) is 18.7. The first-order valence-corrected chi connectivity index (χ1v) is 10.6. The second-order valence-corrected chi connectivity index (χ2v) is 8.62. The Bertz CT molecular complexity index is 779. The summed E-state index contributed by atoms with van der Waals surface area (Å²) in [6.07, 6.45) is 8.83. The molecule has 0 aromatic carbocycles. The zero-order chi connectivity index (χ0) is 18.8. The largest absolute Gasteiger partial charge is 0.336 e. The molecule has 2 N–H and O–H groups in total. The van der Waals surface area contributed by atoms with Crippen molar-refractivity contribution in [1.29, 1.82) is 0 Å². The van der Waals surface area contributed by atoms with E-state index in [2.05, 4.69) is 20.0 Å². The number of carbonyl (C=O) groups excluding carboxylic acids is 2. The Morgan fingerprint density at radius 1 is 1.31 bits per heavy atom. The van der Waals surface area contributed by atoms with Crippen molar-refractivity contribution in [2.24, 2.45) is 0 Å². The molecule has 142 valence electrons. The summed E-state index contributed by atoms with van der Waals surface area (Å²) in [6.45, 7) is 0.399. The van der Waals surface area contributed by atoms with E-state index in [0.29, 0.717) is 6.54 Å². The number of aromatic nitrogens is 2. The van der Waals surface area contributed by atoms with E-state index in [1.807, 2.05) is 0 Å². The van der Waals surface area contributed by atoms with Gasteiger partial charge < -0.3 is 10.2 Å². The van der Waals surface area contributed by atoms with Gasteiger partial charge in [0.2, 0.25) is 10.0 Å². The summed E-state index contributed by atoms with van der Waals surface area (Å²) in [5, 5.41) is 2.57. The summed E-state index contributed by atoms with van der Waals surface area (Å²) in [7, 11) is -3.73. The van der Waals surface area contributed by atoms with Crippen molar-refractivity contribution in [2.45, 2.75) is 50.2 Å². The summed E-state index contributed by atoms with van der Waals surface area (Å²) in [5.74, 6) is -1.03. The van der Waals surface area contributed by atoms with Gasteiger partial charge in [-0.1, -0.05) is 19.3 Å². The van der Waals surface area contributed by atoms with Crippen LogP contribution in [-0.4, -0.2) is 59.6 Å². The molecule has 3 rings (SSSR count). The summed E-state index contributed by atoms with van der Waals surface area (Å²) < 4.78 is 26.1. The molecule has 2 heterocycles. The molecular formula is C16H23N5O4S. The lowest BCUT2D eigenvalue weighted by Crippen LogP contribution is -2.65. The number of hydrogen-bond donors (Lipinski definition) is 2. The molecule has 1 aliphatic carbocycles. The van der Waals surface area contributed by atoms with Gasteiger partial charge in [0, 0.05) is 25.2 Å². The predicted molar refractivity (Wildman–Crippen MR) is 93.4 cm³/mol. The lowest BCUT2D eigenvalue weighted by Gasteiger charge is -2.34. The lowest BCUT2D eigenvalue weighted by molar-refractivity contribution is -0.135. The maximum atomic E-state index is 13.1. The van der Waals surface area contributed by atoms with Gasteiger partial charge in [-0.25, -0.2) is 18.4 Å². The molecule has 9 nitrogen and oxygen atoms in total. The van der Waals surface area contributed by atoms with Crippen molar-refractivity contribution in [3.8, 4) is 0 Å². The van der Waals surface area contributed by atoms with Crippen LogP contribution in [0.15, 0.2) is 18.6 Å². The number of amides is 2. The minimum Gasteiger partial charge on any atom is -0.336 e. The molecule has 1 aromatic heterocycles. The van der Waals surface area contributed by atoms with Crippen LogP contribution in [0, 0.1) is 0 Å². The van der Waals surface area contributed by atoms with Crippen LogP contribution in [0.2, 0.25) is 0 Å². The quantitative estimate of drug-likeness (QED) is 0.694. The molecule has 0 spiro atoms. The molecule has 0 bridgehead atoms. The van der Waals surface area contributed by atoms with Gasteiger partial charge in [0.1, 0.15) is 12.0 Å².